The lowest BCUT2D eigenvalue weighted by molar-refractivity contribution is 0.0662. The van der Waals surface area contributed by atoms with Gasteiger partial charge >= 0.3 is 0 Å². The van der Waals surface area contributed by atoms with Gasteiger partial charge in [0.1, 0.15) is 16.5 Å². The number of benzene rings is 2. The van der Waals surface area contributed by atoms with Crippen molar-refractivity contribution in [3.8, 4) is 5.75 Å². The second-order valence-corrected chi connectivity index (χ2v) is 8.33. The molecule has 1 aliphatic rings. The Kier molecular flexibility index (Phi) is 6.36. The summed E-state index contributed by atoms with van der Waals surface area (Å²) in [5.41, 5.74) is 2.95. The molecule has 0 saturated carbocycles. The number of nitrogens with zero attached hydrogens (tertiary/aromatic N) is 2. The lowest BCUT2D eigenvalue weighted by Crippen LogP contribution is -2.52. The molecule has 1 aliphatic heterocycles. The first-order chi connectivity index (χ1) is 13.8. The number of amides is 1. The first-order valence-electron chi connectivity index (χ1n) is 9.00. The number of anilines is 1. The molecule has 10 heteroatoms. The quantitative estimate of drug-likeness (QED) is 0.734. The largest absolute Gasteiger partial charge is 0.495 e. The predicted molar refractivity (Wildman–Crippen MR) is 107 cm³/mol. The fourth-order valence-electron chi connectivity index (χ4n) is 2.91. The number of hydrogen-bond donors (Lipinski definition) is 2. The standard InChI is InChI=1S/C19H23FN4O4S/c1-23-9-11-24(12-10-23)21-19(25)14-7-8-15(20)18(13-14)29(26,27)22-16-5-3-4-6-17(16)28-2/h3-8,13,22H,9-12H2,1-2H3,(H,21,25). The van der Waals surface area contributed by atoms with Crippen molar-refractivity contribution < 1.29 is 22.3 Å². The number of piperazine rings is 1. The molecule has 29 heavy (non-hydrogen) atoms. The Bertz CT molecular complexity index is 991. The number of sulfonamides is 1. The highest BCUT2D eigenvalue weighted by Gasteiger charge is 2.23. The van der Waals surface area contributed by atoms with Crippen LogP contribution in [0.2, 0.25) is 0 Å². The van der Waals surface area contributed by atoms with Crippen LogP contribution in [0.5, 0.6) is 5.75 Å². The van der Waals surface area contributed by atoms with Crippen LogP contribution in [0.15, 0.2) is 47.4 Å². The van der Waals surface area contributed by atoms with Crippen molar-refractivity contribution in [1.82, 2.24) is 15.3 Å². The van der Waals surface area contributed by atoms with Gasteiger partial charge in [0.25, 0.3) is 15.9 Å². The monoisotopic (exact) mass is 422 g/mol. The van der Waals surface area contributed by atoms with Gasteiger partial charge in [-0.05, 0) is 37.4 Å². The zero-order valence-electron chi connectivity index (χ0n) is 16.2. The zero-order chi connectivity index (χ0) is 21.0. The van der Waals surface area contributed by atoms with Crippen LogP contribution in [-0.2, 0) is 10.0 Å². The number of halogens is 1. The van der Waals surface area contributed by atoms with Crippen molar-refractivity contribution >= 4 is 21.6 Å². The molecule has 8 nitrogen and oxygen atoms in total. The van der Waals surface area contributed by atoms with Crippen LogP contribution in [0, 0.1) is 5.82 Å². The molecule has 2 aromatic rings. The van der Waals surface area contributed by atoms with Gasteiger partial charge < -0.3 is 9.64 Å². The van der Waals surface area contributed by atoms with Crippen LogP contribution in [0.1, 0.15) is 10.4 Å². The van der Waals surface area contributed by atoms with Gasteiger partial charge in [-0.3, -0.25) is 14.9 Å². The third kappa shape index (κ3) is 5.03. The maximum absolute atomic E-state index is 14.3. The minimum absolute atomic E-state index is 0.0470. The van der Waals surface area contributed by atoms with Crippen molar-refractivity contribution in [2.45, 2.75) is 4.90 Å². The number of hydrogen-bond acceptors (Lipinski definition) is 6. The van der Waals surface area contributed by atoms with Gasteiger partial charge in [-0.25, -0.2) is 17.8 Å². The minimum Gasteiger partial charge on any atom is -0.495 e. The van der Waals surface area contributed by atoms with E-state index in [1.165, 1.54) is 19.2 Å². The molecular weight excluding hydrogens is 399 g/mol. The average molecular weight is 422 g/mol. The van der Waals surface area contributed by atoms with Gasteiger partial charge in [0.15, 0.2) is 0 Å². The molecule has 0 atom stereocenters. The normalized spacial score (nSPS) is 15.7. The summed E-state index contributed by atoms with van der Waals surface area (Å²) in [7, 11) is -0.887. The van der Waals surface area contributed by atoms with Gasteiger partial charge in [-0.2, -0.15) is 0 Å². The zero-order valence-corrected chi connectivity index (χ0v) is 17.0. The summed E-state index contributed by atoms with van der Waals surface area (Å²) in [4.78, 5) is 14.0. The van der Waals surface area contributed by atoms with Crippen LogP contribution in [-0.4, -0.2) is 64.6 Å². The van der Waals surface area contributed by atoms with Gasteiger partial charge in [-0.15, -0.1) is 0 Å². The first kappa shape index (κ1) is 21.0. The Balaban J connectivity index is 1.81. The van der Waals surface area contributed by atoms with Crippen molar-refractivity contribution in [3.63, 3.8) is 0 Å². The van der Waals surface area contributed by atoms with E-state index in [0.717, 1.165) is 25.2 Å². The molecule has 3 rings (SSSR count). The average Bonchev–Trinajstić information content (AvgIpc) is 2.70. The fraction of sp³-hybridized carbons (Fsp3) is 0.316. The van der Waals surface area contributed by atoms with E-state index in [4.69, 9.17) is 4.74 Å². The SMILES string of the molecule is COc1ccccc1NS(=O)(=O)c1cc(C(=O)NN2CCN(C)CC2)ccc1F. The Morgan fingerprint density at radius 1 is 1.10 bits per heavy atom. The summed E-state index contributed by atoms with van der Waals surface area (Å²) >= 11 is 0. The van der Waals surface area contributed by atoms with Gasteiger partial charge in [0.2, 0.25) is 0 Å². The number of carbonyl (C=O) groups excluding carboxylic acids is 1. The Morgan fingerprint density at radius 3 is 2.48 bits per heavy atom. The second kappa shape index (κ2) is 8.76. The van der Waals surface area contributed by atoms with Crippen molar-refractivity contribution in [2.75, 3.05) is 45.1 Å². The lowest BCUT2D eigenvalue weighted by atomic mass is 10.2. The number of hydrazine groups is 1. The van der Waals surface area contributed by atoms with Crippen molar-refractivity contribution in [2.24, 2.45) is 0 Å². The highest BCUT2D eigenvalue weighted by atomic mass is 32.2. The number of nitrogens with one attached hydrogen (secondary N) is 2. The molecule has 0 bridgehead atoms. The summed E-state index contributed by atoms with van der Waals surface area (Å²) in [6, 6.07) is 9.63. The number of likely N-dealkylation sites (N-methyl/N-ethyl adjacent to an activating group) is 1. The van der Waals surface area contributed by atoms with Crippen LogP contribution in [0.3, 0.4) is 0 Å². The Hall–Kier alpha value is -2.69. The molecule has 156 valence electrons. The number of ether oxygens (including phenoxy) is 1. The van der Waals surface area contributed by atoms with Crippen LogP contribution in [0.25, 0.3) is 0 Å². The van der Waals surface area contributed by atoms with E-state index in [-0.39, 0.29) is 11.3 Å². The summed E-state index contributed by atoms with van der Waals surface area (Å²) in [6.07, 6.45) is 0. The molecule has 0 aliphatic carbocycles. The maximum Gasteiger partial charge on any atom is 0.265 e. The van der Waals surface area contributed by atoms with E-state index in [1.807, 2.05) is 7.05 Å². The van der Waals surface area contributed by atoms with Gasteiger partial charge in [0.05, 0.1) is 12.8 Å². The molecule has 0 spiro atoms. The summed E-state index contributed by atoms with van der Waals surface area (Å²) in [6.45, 7) is 2.88. The van der Waals surface area contributed by atoms with Crippen LogP contribution >= 0.6 is 0 Å². The number of methoxy groups -OCH3 is 1. The van der Waals surface area contributed by atoms with E-state index in [2.05, 4.69) is 15.0 Å². The van der Waals surface area contributed by atoms with E-state index in [9.17, 15) is 17.6 Å². The molecule has 0 aromatic heterocycles. The highest BCUT2D eigenvalue weighted by molar-refractivity contribution is 7.92. The number of para-hydroxylation sites is 2. The number of rotatable bonds is 6. The smallest absolute Gasteiger partial charge is 0.265 e. The number of carbonyl (C=O) groups is 1. The summed E-state index contributed by atoms with van der Waals surface area (Å²) in [5.74, 6) is -1.16. The molecular formula is C19H23FN4O4S. The second-order valence-electron chi connectivity index (χ2n) is 6.68. The van der Waals surface area contributed by atoms with E-state index >= 15 is 0 Å². The highest BCUT2D eigenvalue weighted by Crippen LogP contribution is 2.27. The lowest BCUT2D eigenvalue weighted by Gasteiger charge is -2.32. The maximum atomic E-state index is 14.3. The molecule has 2 aromatic carbocycles. The van der Waals surface area contributed by atoms with E-state index < -0.39 is 26.6 Å². The molecule has 0 radical (unpaired) electrons. The summed E-state index contributed by atoms with van der Waals surface area (Å²) in [5, 5.41) is 1.76. The Labute approximate surface area is 169 Å². The molecule has 1 amide bonds. The Morgan fingerprint density at radius 2 is 1.79 bits per heavy atom. The van der Waals surface area contributed by atoms with Crippen LogP contribution in [0.4, 0.5) is 10.1 Å². The summed E-state index contributed by atoms with van der Waals surface area (Å²) < 4.78 is 47.2. The van der Waals surface area contributed by atoms with E-state index in [1.54, 1.807) is 23.2 Å². The van der Waals surface area contributed by atoms with Gasteiger partial charge in [0, 0.05) is 31.7 Å². The third-order valence-electron chi connectivity index (χ3n) is 4.60. The van der Waals surface area contributed by atoms with Gasteiger partial charge in [-0.1, -0.05) is 12.1 Å². The molecule has 1 fully saturated rings. The fourth-order valence-corrected chi connectivity index (χ4v) is 4.08. The molecule has 1 saturated heterocycles. The topological polar surface area (TPSA) is 91.0 Å². The van der Waals surface area contributed by atoms with Crippen LogP contribution < -0.4 is 14.9 Å². The predicted octanol–water partition coefficient (Wildman–Crippen LogP) is 1.53. The minimum atomic E-state index is -4.28. The molecule has 2 N–H and O–H groups in total. The molecule has 0 unspecified atom stereocenters. The van der Waals surface area contributed by atoms with Crippen molar-refractivity contribution in [3.05, 3.63) is 53.8 Å². The van der Waals surface area contributed by atoms with E-state index in [0.29, 0.717) is 18.8 Å². The third-order valence-corrected chi connectivity index (χ3v) is 5.98. The van der Waals surface area contributed by atoms with Crippen molar-refractivity contribution in [1.29, 1.82) is 0 Å². The molecule has 1 heterocycles. The first-order valence-corrected chi connectivity index (χ1v) is 10.5.